The highest BCUT2D eigenvalue weighted by atomic mass is 16.5. The number of allylic oxidation sites excluding steroid dienone is 1. The zero-order chi connectivity index (χ0) is 19.5. The second-order valence-corrected chi connectivity index (χ2v) is 6.23. The molecule has 0 aliphatic carbocycles. The summed E-state index contributed by atoms with van der Waals surface area (Å²) < 4.78 is 10.3. The van der Waals surface area contributed by atoms with Crippen LogP contribution >= 0.6 is 0 Å². The van der Waals surface area contributed by atoms with Crippen LogP contribution < -0.4 is 9.47 Å². The number of hydrogen-bond acceptors (Lipinski definition) is 5. The largest absolute Gasteiger partial charge is 0.504 e. The Morgan fingerprint density at radius 3 is 2.19 bits per heavy atom. The molecule has 0 aliphatic rings. The van der Waals surface area contributed by atoms with E-state index >= 15 is 0 Å². The van der Waals surface area contributed by atoms with Crippen molar-refractivity contribution in [2.24, 2.45) is 0 Å². The van der Waals surface area contributed by atoms with Crippen LogP contribution in [0.4, 0.5) is 0 Å². The van der Waals surface area contributed by atoms with E-state index in [0.29, 0.717) is 17.5 Å². The third kappa shape index (κ3) is 5.89. The van der Waals surface area contributed by atoms with Gasteiger partial charge in [-0.2, -0.15) is 0 Å². The van der Waals surface area contributed by atoms with Gasteiger partial charge in [0, 0.05) is 11.1 Å². The first-order chi connectivity index (χ1) is 12.5. The highest BCUT2D eigenvalue weighted by Crippen LogP contribution is 2.48. The van der Waals surface area contributed by atoms with Gasteiger partial charge in [-0.25, -0.2) is 0 Å². The van der Waals surface area contributed by atoms with Crippen LogP contribution in [0.25, 0.3) is 6.08 Å². The quantitative estimate of drug-likeness (QED) is 0.313. The molecule has 0 bridgehead atoms. The van der Waals surface area contributed by atoms with Crippen LogP contribution in [0, 0.1) is 19.3 Å². The molecule has 0 radical (unpaired) electrons. The van der Waals surface area contributed by atoms with Crippen molar-refractivity contribution in [3.63, 3.8) is 0 Å². The van der Waals surface area contributed by atoms with Crippen molar-refractivity contribution in [2.75, 3.05) is 14.2 Å². The van der Waals surface area contributed by atoms with E-state index in [-0.39, 0.29) is 23.0 Å². The lowest BCUT2D eigenvalue weighted by molar-refractivity contribution is 0.217. The molecule has 0 fully saturated rings. The highest BCUT2D eigenvalue weighted by Gasteiger charge is 2.21. The number of phenols is 2. The number of aromatic hydroxyl groups is 2. The smallest absolute Gasteiger partial charge is 0.207 e. The monoisotopic (exact) mass is 362 g/mol. The second-order valence-electron chi connectivity index (χ2n) is 6.23. The summed E-state index contributed by atoms with van der Waals surface area (Å²) in [6, 6.07) is 0. The lowest BCUT2D eigenvalue weighted by atomic mass is 10.0. The number of terminal acetylenes is 1. The molecule has 0 amide bonds. The SMILES string of the molecule is C#CC(O)CCCCCCC/C=C/c1c(C)c(O)c(OC)c(OC)c1O. The van der Waals surface area contributed by atoms with Crippen LogP contribution in [0.5, 0.6) is 23.0 Å². The molecule has 0 saturated heterocycles. The molecule has 0 aliphatic heterocycles. The third-order valence-corrected chi connectivity index (χ3v) is 4.38. The fraction of sp³-hybridized carbons (Fsp3) is 0.524. The van der Waals surface area contributed by atoms with E-state index in [9.17, 15) is 15.3 Å². The van der Waals surface area contributed by atoms with E-state index in [0.717, 1.165) is 38.5 Å². The molecule has 1 atom stereocenters. The summed E-state index contributed by atoms with van der Waals surface area (Å²) in [5.74, 6) is 2.51. The van der Waals surface area contributed by atoms with E-state index in [1.54, 1.807) is 13.0 Å². The Hall–Kier alpha value is -2.32. The molecule has 0 spiro atoms. The van der Waals surface area contributed by atoms with Crippen molar-refractivity contribution in [3.05, 3.63) is 17.2 Å². The summed E-state index contributed by atoms with van der Waals surface area (Å²) in [6.45, 7) is 1.72. The van der Waals surface area contributed by atoms with Crippen LogP contribution in [-0.2, 0) is 0 Å². The van der Waals surface area contributed by atoms with Gasteiger partial charge in [-0.05, 0) is 32.6 Å². The van der Waals surface area contributed by atoms with Crippen LogP contribution in [0.3, 0.4) is 0 Å². The van der Waals surface area contributed by atoms with Crippen molar-refractivity contribution in [1.82, 2.24) is 0 Å². The minimum atomic E-state index is -0.619. The van der Waals surface area contributed by atoms with Gasteiger partial charge in [0.1, 0.15) is 6.10 Å². The Labute approximate surface area is 156 Å². The fourth-order valence-corrected chi connectivity index (χ4v) is 2.81. The maximum Gasteiger partial charge on any atom is 0.207 e. The summed E-state index contributed by atoms with van der Waals surface area (Å²) in [7, 11) is 2.83. The minimum Gasteiger partial charge on any atom is -0.504 e. The average molecular weight is 362 g/mol. The standard InChI is InChI=1S/C21H30O5/c1-5-16(22)13-11-9-7-6-8-10-12-14-17-15(2)18(23)20(25-3)21(26-4)19(17)24/h1,12,14,16,22-24H,6-11,13H2,2-4H3/b14-12+. The Morgan fingerprint density at radius 1 is 1.00 bits per heavy atom. The topological polar surface area (TPSA) is 79.2 Å². The molecule has 1 unspecified atom stereocenters. The van der Waals surface area contributed by atoms with Crippen LogP contribution in [0.1, 0.15) is 56.1 Å². The number of aliphatic hydroxyl groups excluding tert-OH is 1. The Kier molecular flexibility index (Phi) is 9.46. The average Bonchev–Trinajstić information content (AvgIpc) is 2.64. The first-order valence-electron chi connectivity index (χ1n) is 8.95. The molecule has 1 aromatic carbocycles. The van der Waals surface area contributed by atoms with Crippen molar-refractivity contribution >= 4 is 6.08 Å². The number of unbranched alkanes of at least 4 members (excludes halogenated alkanes) is 5. The molecule has 1 aromatic rings. The Balaban J connectivity index is 2.52. The maximum absolute atomic E-state index is 10.4. The number of methoxy groups -OCH3 is 2. The van der Waals surface area contributed by atoms with Crippen molar-refractivity contribution < 1.29 is 24.8 Å². The van der Waals surface area contributed by atoms with E-state index in [1.807, 2.05) is 6.08 Å². The van der Waals surface area contributed by atoms with E-state index in [4.69, 9.17) is 15.9 Å². The summed E-state index contributed by atoms with van der Waals surface area (Å²) in [5, 5.41) is 29.9. The number of aliphatic hydroxyl groups is 1. The number of hydrogen-bond donors (Lipinski definition) is 3. The third-order valence-electron chi connectivity index (χ3n) is 4.38. The number of phenolic OH excluding ortho intramolecular Hbond substituents is 2. The molecule has 5 nitrogen and oxygen atoms in total. The predicted molar refractivity (Wildman–Crippen MR) is 104 cm³/mol. The Bertz CT molecular complexity index is 643. The maximum atomic E-state index is 10.4. The van der Waals surface area contributed by atoms with E-state index in [2.05, 4.69) is 5.92 Å². The highest BCUT2D eigenvalue weighted by molar-refractivity contribution is 5.74. The molecule has 0 aromatic heterocycles. The van der Waals surface area contributed by atoms with Crippen LogP contribution in [0.15, 0.2) is 6.08 Å². The molecular weight excluding hydrogens is 332 g/mol. The zero-order valence-electron chi connectivity index (χ0n) is 15.9. The zero-order valence-corrected chi connectivity index (χ0v) is 15.9. The molecule has 5 heteroatoms. The molecule has 26 heavy (non-hydrogen) atoms. The lowest BCUT2D eigenvalue weighted by Gasteiger charge is -2.16. The van der Waals surface area contributed by atoms with Gasteiger partial charge in [0.2, 0.25) is 11.5 Å². The number of ether oxygens (including phenoxy) is 2. The second kappa shape index (κ2) is 11.3. The van der Waals surface area contributed by atoms with Gasteiger partial charge in [-0.15, -0.1) is 6.42 Å². The number of benzene rings is 1. The van der Waals surface area contributed by atoms with Gasteiger partial charge in [-0.3, -0.25) is 0 Å². The first-order valence-corrected chi connectivity index (χ1v) is 8.95. The predicted octanol–water partition coefficient (Wildman–Crippen LogP) is 4.16. The summed E-state index contributed by atoms with van der Waals surface area (Å²) in [4.78, 5) is 0. The lowest BCUT2D eigenvalue weighted by Crippen LogP contribution is -2.01. The van der Waals surface area contributed by atoms with Crippen LogP contribution in [0.2, 0.25) is 0 Å². The molecular formula is C21H30O5. The van der Waals surface area contributed by atoms with Crippen LogP contribution in [-0.4, -0.2) is 35.6 Å². The van der Waals surface area contributed by atoms with Gasteiger partial charge in [0.25, 0.3) is 0 Å². The van der Waals surface area contributed by atoms with Crippen molar-refractivity contribution in [3.8, 4) is 35.3 Å². The van der Waals surface area contributed by atoms with Gasteiger partial charge in [0.15, 0.2) is 11.5 Å². The minimum absolute atomic E-state index is 0.0315. The summed E-state index contributed by atoms with van der Waals surface area (Å²) >= 11 is 0. The molecule has 144 valence electrons. The first kappa shape index (κ1) is 21.7. The summed E-state index contributed by atoms with van der Waals surface area (Å²) in [6.07, 6.45) is 15.1. The van der Waals surface area contributed by atoms with Crippen molar-refractivity contribution in [1.29, 1.82) is 0 Å². The van der Waals surface area contributed by atoms with Gasteiger partial charge < -0.3 is 24.8 Å². The van der Waals surface area contributed by atoms with Crippen molar-refractivity contribution in [2.45, 2.75) is 58.0 Å². The molecule has 3 N–H and O–H groups in total. The Morgan fingerprint density at radius 2 is 1.58 bits per heavy atom. The van der Waals surface area contributed by atoms with E-state index < -0.39 is 6.10 Å². The molecule has 0 saturated carbocycles. The normalized spacial score (nSPS) is 12.1. The van der Waals surface area contributed by atoms with E-state index in [1.165, 1.54) is 14.2 Å². The molecule has 1 rings (SSSR count). The summed E-state index contributed by atoms with van der Waals surface area (Å²) in [5.41, 5.74) is 1.08. The number of rotatable bonds is 11. The van der Waals surface area contributed by atoms with Gasteiger partial charge in [-0.1, -0.05) is 37.3 Å². The van der Waals surface area contributed by atoms with Gasteiger partial charge in [0.05, 0.1) is 14.2 Å². The molecule has 0 heterocycles. The van der Waals surface area contributed by atoms with Gasteiger partial charge >= 0.3 is 0 Å². The fourth-order valence-electron chi connectivity index (χ4n) is 2.81.